The summed E-state index contributed by atoms with van der Waals surface area (Å²) < 4.78 is 24.7. The molecule has 0 saturated carbocycles. The summed E-state index contributed by atoms with van der Waals surface area (Å²) in [5, 5.41) is 7.37. The predicted molar refractivity (Wildman–Crippen MR) is 114 cm³/mol. The molecule has 7 nitrogen and oxygen atoms in total. The summed E-state index contributed by atoms with van der Waals surface area (Å²) in [5.74, 6) is 3.19. The van der Waals surface area contributed by atoms with Crippen molar-refractivity contribution in [3.05, 3.63) is 40.7 Å². The van der Waals surface area contributed by atoms with Crippen LogP contribution >= 0.6 is 12.2 Å². The van der Waals surface area contributed by atoms with Gasteiger partial charge in [-0.1, -0.05) is 19.9 Å². The number of ether oxygens (including phenoxy) is 4. The van der Waals surface area contributed by atoms with Gasteiger partial charge in [0.25, 0.3) is 0 Å². The van der Waals surface area contributed by atoms with Crippen LogP contribution in [0.1, 0.15) is 25.3 Å². The van der Waals surface area contributed by atoms with Crippen molar-refractivity contribution in [1.82, 2.24) is 14.8 Å². The Morgan fingerprint density at radius 1 is 0.931 bits per heavy atom. The topological polar surface area (TPSA) is 70.5 Å². The largest absolute Gasteiger partial charge is 0.497 e. The molecule has 3 rings (SSSR count). The van der Waals surface area contributed by atoms with Gasteiger partial charge >= 0.3 is 0 Å². The molecule has 2 aromatic carbocycles. The first-order valence-corrected chi connectivity index (χ1v) is 9.52. The van der Waals surface area contributed by atoms with E-state index in [4.69, 9.17) is 31.2 Å². The highest BCUT2D eigenvalue weighted by molar-refractivity contribution is 7.71. The van der Waals surface area contributed by atoms with Gasteiger partial charge in [0, 0.05) is 11.6 Å². The average molecular weight is 416 g/mol. The number of aromatic nitrogens is 3. The van der Waals surface area contributed by atoms with Crippen molar-refractivity contribution < 1.29 is 18.9 Å². The lowest BCUT2D eigenvalue weighted by atomic mass is 9.97. The van der Waals surface area contributed by atoms with Crippen LogP contribution in [0, 0.1) is 4.77 Å². The van der Waals surface area contributed by atoms with Crippen LogP contribution in [0.3, 0.4) is 0 Å². The fourth-order valence-electron chi connectivity index (χ4n) is 3.30. The third-order valence-corrected chi connectivity index (χ3v) is 4.95. The first-order chi connectivity index (χ1) is 14.0. The molecule has 3 aromatic rings. The zero-order valence-electron chi connectivity index (χ0n) is 17.4. The Morgan fingerprint density at radius 2 is 1.62 bits per heavy atom. The van der Waals surface area contributed by atoms with Crippen LogP contribution in [0.2, 0.25) is 0 Å². The van der Waals surface area contributed by atoms with Crippen molar-refractivity contribution in [1.29, 1.82) is 0 Å². The van der Waals surface area contributed by atoms with Gasteiger partial charge in [-0.2, -0.15) is 5.10 Å². The number of hydrogen-bond donors (Lipinski definition) is 1. The van der Waals surface area contributed by atoms with Crippen LogP contribution in [-0.4, -0.2) is 43.2 Å². The van der Waals surface area contributed by atoms with Crippen LogP contribution < -0.4 is 18.9 Å². The van der Waals surface area contributed by atoms with E-state index in [9.17, 15) is 0 Å². The molecule has 0 aliphatic carbocycles. The van der Waals surface area contributed by atoms with Crippen LogP contribution in [0.5, 0.6) is 23.0 Å². The second kappa shape index (κ2) is 8.57. The monoisotopic (exact) mass is 415 g/mol. The maximum Gasteiger partial charge on any atom is 0.204 e. The van der Waals surface area contributed by atoms with Gasteiger partial charge in [-0.15, -0.1) is 0 Å². The maximum absolute atomic E-state index is 5.71. The van der Waals surface area contributed by atoms with Gasteiger partial charge in [0.1, 0.15) is 5.75 Å². The van der Waals surface area contributed by atoms with Crippen molar-refractivity contribution >= 4 is 12.2 Å². The van der Waals surface area contributed by atoms with Gasteiger partial charge < -0.3 is 18.9 Å². The minimum Gasteiger partial charge on any atom is -0.497 e. The third-order valence-electron chi connectivity index (χ3n) is 4.68. The van der Waals surface area contributed by atoms with Gasteiger partial charge in [0.15, 0.2) is 22.1 Å². The number of H-pyrrole nitrogens is 1. The SMILES string of the molecule is COc1cccc(-n2c(-c3cc(C(C)C)c(OC)c(OC)c3OC)n[nH]c2=S)c1. The smallest absolute Gasteiger partial charge is 0.204 e. The standard InChI is InChI=1S/C21H25N3O4S/c1-12(2)15-11-16(18(27-5)19(28-6)17(15)26-4)20-22-23-21(29)24(20)13-8-7-9-14(10-13)25-3/h7-12H,1-6H3,(H,23,29). The minimum absolute atomic E-state index is 0.190. The van der Waals surface area contributed by atoms with Crippen LogP contribution in [0.4, 0.5) is 0 Å². The number of methoxy groups -OCH3 is 4. The number of hydrogen-bond acceptors (Lipinski definition) is 6. The second-order valence-corrected chi connectivity index (χ2v) is 7.04. The number of nitrogens with one attached hydrogen (secondary N) is 1. The van der Waals surface area contributed by atoms with Crippen molar-refractivity contribution in [3.8, 4) is 40.1 Å². The number of benzene rings is 2. The van der Waals surface area contributed by atoms with Gasteiger partial charge in [0.05, 0.1) is 39.7 Å². The van der Waals surface area contributed by atoms with Crippen molar-refractivity contribution in [2.45, 2.75) is 19.8 Å². The first-order valence-electron chi connectivity index (χ1n) is 9.11. The van der Waals surface area contributed by atoms with E-state index in [-0.39, 0.29) is 5.92 Å². The minimum atomic E-state index is 0.190. The van der Waals surface area contributed by atoms with Crippen LogP contribution in [-0.2, 0) is 0 Å². The van der Waals surface area contributed by atoms with Crippen molar-refractivity contribution in [2.75, 3.05) is 28.4 Å². The summed E-state index contributed by atoms with van der Waals surface area (Å²) in [7, 11) is 6.43. The lowest BCUT2D eigenvalue weighted by Gasteiger charge is -2.21. The summed E-state index contributed by atoms with van der Waals surface area (Å²) in [4.78, 5) is 0. The molecule has 1 heterocycles. The first kappa shape index (κ1) is 20.7. The number of nitrogens with zero attached hydrogens (tertiary/aromatic N) is 2. The van der Waals surface area contributed by atoms with Crippen LogP contribution in [0.25, 0.3) is 17.1 Å². The van der Waals surface area contributed by atoms with E-state index in [1.807, 2.05) is 34.9 Å². The average Bonchev–Trinajstić information content (AvgIpc) is 3.12. The molecule has 0 saturated heterocycles. The van der Waals surface area contributed by atoms with E-state index in [0.717, 1.165) is 22.6 Å². The maximum atomic E-state index is 5.71. The zero-order valence-corrected chi connectivity index (χ0v) is 18.2. The molecular weight excluding hydrogens is 390 g/mol. The van der Waals surface area contributed by atoms with E-state index < -0.39 is 0 Å². The van der Waals surface area contributed by atoms with E-state index in [2.05, 4.69) is 24.0 Å². The number of aromatic amines is 1. The van der Waals surface area contributed by atoms with Crippen LogP contribution in [0.15, 0.2) is 30.3 Å². The molecule has 0 aliphatic rings. The predicted octanol–water partition coefficient (Wildman–Crippen LogP) is 4.75. The van der Waals surface area contributed by atoms with E-state index in [0.29, 0.717) is 27.8 Å². The molecular formula is C21H25N3O4S. The number of rotatable bonds is 7. The molecule has 0 radical (unpaired) electrons. The molecule has 154 valence electrons. The summed E-state index contributed by atoms with van der Waals surface area (Å²) in [6.45, 7) is 4.18. The Bertz CT molecular complexity index is 1070. The van der Waals surface area contributed by atoms with Gasteiger partial charge in [0.2, 0.25) is 5.75 Å². The van der Waals surface area contributed by atoms with E-state index >= 15 is 0 Å². The Labute approximate surface area is 175 Å². The molecule has 29 heavy (non-hydrogen) atoms. The van der Waals surface area contributed by atoms with Gasteiger partial charge in [-0.25, -0.2) is 0 Å². The van der Waals surface area contributed by atoms with Crippen molar-refractivity contribution in [3.63, 3.8) is 0 Å². The lowest BCUT2D eigenvalue weighted by Crippen LogP contribution is -2.05. The fraction of sp³-hybridized carbons (Fsp3) is 0.333. The molecule has 0 aliphatic heterocycles. The summed E-state index contributed by atoms with van der Waals surface area (Å²) in [6, 6.07) is 9.62. The Morgan fingerprint density at radius 3 is 2.21 bits per heavy atom. The lowest BCUT2D eigenvalue weighted by molar-refractivity contribution is 0.322. The molecule has 1 N–H and O–H groups in total. The highest BCUT2D eigenvalue weighted by Gasteiger charge is 2.26. The molecule has 0 amide bonds. The summed E-state index contributed by atoms with van der Waals surface area (Å²) >= 11 is 5.52. The Balaban J connectivity index is 2.35. The molecule has 0 spiro atoms. The summed E-state index contributed by atoms with van der Waals surface area (Å²) in [5.41, 5.74) is 2.54. The molecule has 1 aromatic heterocycles. The molecule has 0 atom stereocenters. The highest BCUT2D eigenvalue weighted by atomic mass is 32.1. The summed E-state index contributed by atoms with van der Waals surface area (Å²) in [6.07, 6.45) is 0. The fourth-order valence-corrected chi connectivity index (χ4v) is 3.54. The second-order valence-electron chi connectivity index (χ2n) is 6.66. The molecule has 0 bridgehead atoms. The third kappa shape index (κ3) is 3.67. The normalized spacial score (nSPS) is 10.9. The van der Waals surface area contributed by atoms with Crippen molar-refractivity contribution in [2.24, 2.45) is 0 Å². The van der Waals surface area contributed by atoms with E-state index in [1.165, 1.54) is 0 Å². The van der Waals surface area contributed by atoms with E-state index in [1.54, 1.807) is 28.4 Å². The van der Waals surface area contributed by atoms with Gasteiger partial charge in [-0.3, -0.25) is 9.67 Å². The van der Waals surface area contributed by atoms with Gasteiger partial charge in [-0.05, 0) is 36.3 Å². The Hall–Kier alpha value is -3.00. The molecule has 0 fully saturated rings. The highest BCUT2D eigenvalue weighted by Crippen LogP contribution is 2.48. The quantitative estimate of drug-likeness (QED) is 0.561. The molecule has 8 heteroatoms. The Kier molecular flexibility index (Phi) is 6.12. The zero-order chi connectivity index (χ0) is 21.1. The molecule has 0 unspecified atom stereocenters.